The number of hydrogen-bond donors (Lipinski definition) is 1. The van der Waals surface area contributed by atoms with Crippen molar-refractivity contribution >= 4 is 17.7 Å². The predicted molar refractivity (Wildman–Crippen MR) is 64.1 cm³/mol. The van der Waals surface area contributed by atoms with Crippen LogP contribution in [0.1, 0.15) is 20.3 Å². The van der Waals surface area contributed by atoms with Crippen LogP contribution in [0.4, 0.5) is 0 Å². The molecular formula is C11H21NO2S. The summed E-state index contributed by atoms with van der Waals surface area (Å²) in [5.74, 6) is 3.14. The van der Waals surface area contributed by atoms with Crippen LogP contribution in [0.2, 0.25) is 0 Å². The summed E-state index contributed by atoms with van der Waals surface area (Å²) in [7, 11) is 1.47. The molecule has 1 rings (SSSR count). The summed E-state index contributed by atoms with van der Waals surface area (Å²) in [5.41, 5.74) is 0. The van der Waals surface area contributed by atoms with Crippen LogP contribution in [0, 0.1) is 11.8 Å². The van der Waals surface area contributed by atoms with Gasteiger partial charge in [-0.3, -0.25) is 4.79 Å². The van der Waals surface area contributed by atoms with Crippen molar-refractivity contribution in [2.24, 2.45) is 11.8 Å². The quantitative estimate of drug-likeness (QED) is 0.728. The SMILES string of the molecule is COC(=O)C(NCC(C)C)C1CCSC1. The summed E-state index contributed by atoms with van der Waals surface area (Å²) in [5, 5.41) is 3.32. The highest BCUT2D eigenvalue weighted by molar-refractivity contribution is 7.99. The summed E-state index contributed by atoms with van der Waals surface area (Å²) in [4.78, 5) is 11.6. The fraction of sp³-hybridized carbons (Fsp3) is 0.909. The minimum absolute atomic E-state index is 0.104. The van der Waals surface area contributed by atoms with Crippen molar-refractivity contribution in [2.75, 3.05) is 25.2 Å². The van der Waals surface area contributed by atoms with E-state index in [1.807, 2.05) is 11.8 Å². The summed E-state index contributed by atoms with van der Waals surface area (Å²) < 4.78 is 4.85. The number of esters is 1. The van der Waals surface area contributed by atoms with Gasteiger partial charge in [0.15, 0.2) is 0 Å². The molecule has 1 fully saturated rings. The average molecular weight is 231 g/mol. The van der Waals surface area contributed by atoms with E-state index >= 15 is 0 Å². The molecule has 1 N–H and O–H groups in total. The van der Waals surface area contributed by atoms with Crippen molar-refractivity contribution < 1.29 is 9.53 Å². The summed E-state index contributed by atoms with van der Waals surface area (Å²) in [6.07, 6.45) is 1.12. The zero-order valence-corrected chi connectivity index (χ0v) is 10.6. The lowest BCUT2D eigenvalue weighted by Crippen LogP contribution is -2.45. The highest BCUT2D eigenvalue weighted by Crippen LogP contribution is 2.26. The molecule has 1 aliphatic heterocycles. The molecule has 3 nitrogen and oxygen atoms in total. The molecule has 2 unspecified atom stereocenters. The number of ether oxygens (including phenoxy) is 1. The third kappa shape index (κ3) is 4.03. The topological polar surface area (TPSA) is 38.3 Å². The van der Waals surface area contributed by atoms with Crippen molar-refractivity contribution in [1.29, 1.82) is 0 Å². The van der Waals surface area contributed by atoms with Gasteiger partial charge in [0.05, 0.1) is 7.11 Å². The first kappa shape index (κ1) is 12.8. The van der Waals surface area contributed by atoms with Crippen LogP contribution in [0.3, 0.4) is 0 Å². The molecule has 4 heteroatoms. The number of thioether (sulfide) groups is 1. The standard InChI is InChI=1S/C11H21NO2S/c1-8(2)6-12-10(11(13)14-3)9-4-5-15-7-9/h8-10,12H,4-7H2,1-3H3. The molecule has 0 aromatic rings. The summed E-state index contributed by atoms with van der Waals surface area (Å²) in [6, 6.07) is -0.104. The zero-order chi connectivity index (χ0) is 11.3. The molecular weight excluding hydrogens is 210 g/mol. The van der Waals surface area contributed by atoms with Gasteiger partial charge in [0, 0.05) is 0 Å². The number of methoxy groups -OCH3 is 1. The Labute approximate surface area is 96.3 Å². The second-order valence-corrected chi connectivity index (χ2v) is 5.58. The maximum Gasteiger partial charge on any atom is 0.323 e. The number of carbonyl (C=O) groups excluding carboxylic acids is 1. The van der Waals surface area contributed by atoms with Crippen LogP contribution in [-0.4, -0.2) is 37.2 Å². The van der Waals surface area contributed by atoms with Crippen molar-refractivity contribution in [3.63, 3.8) is 0 Å². The fourth-order valence-corrected chi connectivity index (χ4v) is 3.05. The van der Waals surface area contributed by atoms with Crippen molar-refractivity contribution in [2.45, 2.75) is 26.3 Å². The first-order valence-electron chi connectivity index (χ1n) is 5.54. The molecule has 1 saturated heterocycles. The number of rotatable bonds is 5. The molecule has 0 saturated carbocycles. The monoisotopic (exact) mass is 231 g/mol. The molecule has 1 aliphatic rings. The van der Waals surface area contributed by atoms with E-state index in [4.69, 9.17) is 4.74 Å². The van der Waals surface area contributed by atoms with Gasteiger partial charge in [0.1, 0.15) is 6.04 Å². The second-order valence-electron chi connectivity index (χ2n) is 4.43. The lowest BCUT2D eigenvalue weighted by molar-refractivity contribution is -0.144. The van der Waals surface area contributed by atoms with Crippen LogP contribution < -0.4 is 5.32 Å². The number of nitrogens with one attached hydrogen (secondary N) is 1. The van der Waals surface area contributed by atoms with E-state index in [1.54, 1.807) is 0 Å². The zero-order valence-electron chi connectivity index (χ0n) is 9.79. The Morgan fingerprint density at radius 1 is 1.60 bits per heavy atom. The van der Waals surface area contributed by atoms with E-state index in [0.29, 0.717) is 11.8 Å². The first-order valence-corrected chi connectivity index (χ1v) is 6.69. The third-order valence-electron chi connectivity index (χ3n) is 2.64. The van der Waals surface area contributed by atoms with Gasteiger partial charge in [-0.25, -0.2) is 0 Å². The van der Waals surface area contributed by atoms with Gasteiger partial charge in [-0.15, -0.1) is 0 Å². The molecule has 15 heavy (non-hydrogen) atoms. The molecule has 0 radical (unpaired) electrons. The smallest absolute Gasteiger partial charge is 0.323 e. The molecule has 1 heterocycles. The maximum absolute atomic E-state index is 11.6. The minimum Gasteiger partial charge on any atom is -0.468 e. The van der Waals surface area contributed by atoms with Crippen molar-refractivity contribution in [3.05, 3.63) is 0 Å². The maximum atomic E-state index is 11.6. The van der Waals surface area contributed by atoms with E-state index in [-0.39, 0.29) is 12.0 Å². The molecule has 0 amide bonds. The second kappa shape index (κ2) is 6.38. The largest absolute Gasteiger partial charge is 0.468 e. The lowest BCUT2D eigenvalue weighted by Gasteiger charge is -2.22. The average Bonchev–Trinajstić information content (AvgIpc) is 2.70. The first-order chi connectivity index (χ1) is 7.15. The summed E-state index contributed by atoms with van der Waals surface area (Å²) in [6.45, 7) is 5.16. The van der Waals surface area contributed by atoms with Crippen molar-refractivity contribution in [3.8, 4) is 0 Å². The molecule has 88 valence electrons. The molecule has 0 aliphatic carbocycles. The normalized spacial score (nSPS) is 23.1. The molecule has 0 spiro atoms. The number of hydrogen-bond acceptors (Lipinski definition) is 4. The lowest BCUT2D eigenvalue weighted by atomic mass is 9.98. The van der Waals surface area contributed by atoms with Crippen LogP contribution in [0.25, 0.3) is 0 Å². The predicted octanol–water partition coefficient (Wildman–Crippen LogP) is 1.53. The minimum atomic E-state index is -0.108. The molecule has 0 aromatic heterocycles. The van der Waals surface area contributed by atoms with Crippen LogP contribution >= 0.6 is 11.8 Å². The highest BCUT2D eigenvalue weighted by atomic mass is 32.2. The Morgan fingerprint density at radius 3 is 2.80 bits per heavy atom. The Bertz CT molecular complexity index is 203. The van der Waals surface area contributed by atoms with Crippen molar-refractivity contribution in [1.82, 2.24) is 5.32 Å². The third-order valence-corrected chi connectivity index (χ3v) is 3.83. The van der Waals surface area contributed by atoms with Gasteiger partial charge in [0.2, 0.25) is 0 Å². The number of carbonyl (C=O) groups is 1. The van der Waals surface area contributed by atoms with Crippen LogP contribution in [0.15, 0.2) is 0 Å². The molecule has 2 atom stereocenters. The van der Waals surface area contributed by atoms with E-state index in [2.05, 4.69) is 19.2 Å². The van der Waals surface area contributed by atoms with E-state index in [1.165, 1.54) is 12.9 Å². The van der Waals surface area contributed by atoms with E-state index in [9.17, 15) is 4.79 Å². The van der Waals surface area contributed by atoms with Gasteiger partial charge in [-0.1, -0.05) is 13.8 Å². The Kier molecular flexibility index (Phi) is 5.47. The fourth-order valence-electron chi connectivity index (χ4n) is 1.75. The van der Waals surface area contributed by atoms with E-state index < -0.39 is 0 Å². The van der Waals surface area contributed by atoms with Gasteiger partial charge in [-0.2, -0.15) is 11.8 Å². The highest BCUT2D eigenvalue weighted by Gasteiger charge is 2.31. The Balaban J connectivity index is 2.48. The summed E-state index contributed by atoms with van der Waals surface area (Å²) >= 11 is 1.92. The van der Waals surface area contributed by atoms with Gasteiger partial charge >= 0.3 is 5.97 Å². The Morgan fingerprint density at radius 2 is 2.33 bits per heavy atom. The molecule has 0 aromatic carbocycles. The molecule has 0 bridgehead atoms. The Hall–Kier alpha value is -0.220. The van der Waals surface area contributed by atoms with E-state index in [0.717, 1.165) is 18.7 Å². The van der Waals surface area contributed by atoms with Crippen LogP contribution in [-0.2, 0) is 9.53 Å². The van der Waals surface area contributed by atoms with Gasteiger partial charge in [0.25, 0.3) is 0 Å². The van der Waals surface area contributed by atoms with Gasteiger partial charge in [-0.05, 0) is 36.3 Å². The van der Waals surface area contributed by atoms with Crippen LogP contribution in [0.5, 0.6) is 0 Å². The van der Waals surface area contributed by atoms with Gasteiger partial charge < -0.3 is 10.1 Å².